The molecule has 0 N–H and O–H groups in total. The van der Waals surface area contributed by atoms with E-state index < -0.39 is 8.07 Å². The van der Waals surface area contributed by atoms with Gasteiger partial charge in [0.25, 0.3) is 0 Å². The van der Waals surface area contributed by atoms with Crippen molar-refractivity contribution in [3.05, 3.63) is 142 Å². The Morgan fingerprint density at radius 1 is 0.515 bits per heavy atom. The summed E-state index contributed by atoms with van der Waals surface area (Å²) in [5.41, 5.74) is 8.58. The van der Waals surface area contributed by atoms with Gasteiger partial charge in [-0.3, -0.25) is 0 Å². The van der Waals surface area contributed by atoms with Crippen molar-refractivity contribution in [1.29, 1.82) is 0 Å². The molecule has 0 saturated heterocycles. The molecule has 3 heteroatoms. The first kappa shape index (κ1) is 25.4. The van der Waals surface area contributed by atoms with Gasteiger partial charge in [0.2, 0.25) is 0 Å². The van der Waals surface area contributed by atoms with Gasteiger partial charge in [0.1, 0.15) is 0 Å². The van der Waals surface area contributed by atoms with Crippen LogP contribution in [0.25, 0.3) is 12.2 Å². The SMILES string of the molecule is C[C]1[CH][C]2[C](C=Cc3ccccc32)[C]1[Si](C)(C)[C]1[C](C)[CH][C]2[C]1C=Cc1ccccc12.[Li+].[Li+]. The van der Waals surface area contributed by atoms with Crippen LogP contribution in [0.4, 0.5) is 0 Å². The minimum atomic E-state index is -1.94. The molecule has 4 aliphatic rings. The Bertz CT molecular complexity index is 987. The molecule has 0 atom stereocenters. The molecule has 6 rings (SSSR count). The van der Waals surface area contributed by atoms with Crippen molar-refractivity contribution in [2.45, 2.75) is 26.9 Å². The summed E-state index contributed by atoms with van der Waals surface area (Å²) < 4.78 is 0. The largest absolute Gasteiger partial charge is 1.00 e. The van der Waals surface area contributed by atoms with E-state index in [0.717, 1.165) is 0 Å². The fourth-order valence-electron chi connectivity index (χ4n) is 6.12. The Labute approximate surface area is 226 Å². The van der Waals surface area contributed by atoms with Crippen LogP contribution in [0.2, 0.25) is 13.1 Å². The molecule has 0 unspecified atom stereocenters. The number of rotatable bonds is 2. The van der Waals surface area contributed by atoms with E-state index in [9.17, 15) is 0 Å². The molecule has 150 valence electrons. The minimum absolute atomic E-state index is 0. The van der Waals surface area contributed by atoms with Crippen LogP contribution in [-0.2, 0) is 0 Å². The molecule has 0 nitrogen and oxygen atoms in total. The Morgan fingerprint density at radius 2 is 0.909 bits per heavy atom. The molecule has 0 heterocycles. The quantitative estimate of drug-likeness (QED) is 0.627. The topological polar surface area (TPSA) is 0 Å². The summed E-state index contributed by atoms with van der Waals surface area (Å²) >= 11 is 0. The number of benzene rings is 2. The number of hydrogen-bond donors (Lipinski definition) is 0. The van der Waals surface area contributed by atoms with Gasteiger partial charge in [-0.25, -0.2) is 0 Å². The molecule has 0 spiro atoms. The Morgan fingerprint density at radius 3 is 1.33 bits per heavy atom. The van der Waals surface area contributed by atoms with Crippen molar-refractivity contribution in [2.75, 3.05) is 0 Å². The van der Waals surface area contributed by atoms with Gasteiger partial charge >= 0.3 is 37.7 Å². The van der Waals surface area contributed by atoms with Crippen LogP contribution in [0.1, 0.15) is 36.1 Å². The predicted octanol–water partition coefficient (Wildman–Crippen LogP) is 1.00. The molecule has 0 aromatic heterocycles. The molecule has 0 amide bonds. The molecule has 33 heavy (non-hydrogen) atoms. The molecule has 2 fully saturated rings. The van der Waals surface area contributed by atoms with Gasteiger partial charge < -0.3 is 0 Å². The van der Waals surface area contributed by atoms with Gasteiger partial charge in [0.15, 0.2) is 0 Å². The Balaban J connectivity index is 0.00000130. The predicted molar refractivity (Wildman–Crippen MR) is 133 cm³/mol. The third-order valence-corrected chi connectivity index (χ3v) is 11.1. The van der Waals surface area contributed by atoms with Crippen LogP contribution in [0.3, 0.4) is 0 Å². The summed E-state index contributed by atoms with van der Waals surface area (Å²) in [4.78, 5) is 0. The van der Waals surface area contributed by atoms with Crippen LogP contribution >= 0.6 is 0 Å². The zero-order valence-electron chi connectivity index (χ0n) is 20.6. The Kier molecular flexibility index (Phi) is 7.25. The fourth-order valence-corrected chi connectivity index (χ4v) is 10.3. The van der Waals surface area contributed by atoms with Crippen molar-refractivity contribution in [3.8, 4) is 0 Å². The Hall–Kier alpha value is -0.668. The number of allylic oxidation sites excluding steroid dienone is 2. The maximum atomic E-state index is 2.54. The van der Waals surface area contributed by atoms with Crippen molar-refractivity contribution in [3.63, 3.8) is 0 Å². The van der Waals surface area contributed by atoms with Crippen molar-refractivity contribution < 1.29 is 37.7 Å². The monoisotopic (exact) mass is 428 g/mol. The van der Waals surface area contributed by atoms with E-state index in [2.05, 4.69) is 113 Å². The molecule has 10 radical (unpaired) electrons. The van der Waals surface area contributed by atoms with Gasteiger partial charge in [-0.05, 0) is 58.0 Å². The van der Waals surface area contributed by atoms with Gasteiger partial charge in [0, 0.05) is 23.7 Å². The zero-order chi connectivity index (χ0) is 21.3. The molecule has 2 aromatic rings. The summed E-state index contributed by atoms with van der Waals surface area (Å²) in [5.74, 6) is 8.59. The average molecular weight is 429 g/mol. The summed E-state index contributed by atoms with van der Waals surface area (Å²) in [6.07, 6.45) is 14.2. The van der Waals surface area contributed by atoms with Crippen LogP contribution in [-0.4, -0.2) is 8.07 Å². The minimum Gasteiger partial charge on any atom is -0.0755 e. The molecular formula is C30H26Li2Si+2. The van der Waals surface area contributed by atoms with Crippen LogP contribution in [0, 0.1) is 59.4 Å². The van der Waals surface area contributed by atoms with Crippen molar-refractivity contribution >= 4 is 20.2 Å². The summed E-state index contributed by atoms with van der Waals surface area (Å²) in [6, 6.07) is 17.6. The molecule has 2 saturated carbocycles. The molecular weight excluding hydrogens is 402 g/mol. The first-order valence-electron chi connectivity index (χ1n) is 11.1. The van der Waals surface area contributed by atoms with E-state index in [1.54, 1.807) is 11.1 Å². The fraction of sp³-hybridized carbons (Fsp3) is 0.133. The van der Waals surface area contributed by atoms with E-state index in [1.807, 2.05) is 0 Å². The van der Waals surface area contributed by atoms with Gasteiger partial charge in [-0.1, -0.05) is 99.8 Å². The molecule has 0 bridgehead atoms. The maximum Gasteiger partial charge on any atom is 1.00 e. The van der Waals surface area contributed by atoms with Gasteiger partial charge in [-0.2, -0.15) is 0 Å². The van der Waals surface area contributed by atoms with Crippen LogP contribution in [0.15, 0.2) is 60.7 Å². The number of hydrogen-bond acceptors (Lipinski definition) is 0. The van der Waals surface area contributed by atoms with Gasteiger partial charge in [0.05, 0.1) is 8.07 Å². The summed E-state index contributed by atoms with van der Waals surface area (Å²) in [5, 5.41) is 0. The smallest absolute Gasteiger partial charge is 0.0755 e. The molecule has 0 aliphatic heterocycles. The second-order valence-electron chi connectivity index (χ2n) is 9.53. The van der Waals surface area contributed by atoms with E-state index in [-0.39, 0.29) is 37.7 Å². The van der Waals surface area contributed by atoms with E-state index >= 15 is 0 Å². The number of fused-ring (bicyclic) bond motifs is 6. The van der Waals surface area contributed by atoms with E-state index in [4.69, 9.17) is 0 Å². The van der Waals surface area contributed by atoms with Crippen LogP contribution < -0.4 is 37.7 Å². The van der Waals surface area contributed by atoms with E-state index in [1.165, 1.54) is 57.8 Å². The van der Waals surface area contributed by atoms with Crippen molar-refractivity contribution in [1.82, 2.24) is 0 Å². The van der Waals surface area contributed by atoms with Crippen LogP contribution in [0.5, 0.6) is 0 Å². The van der Waals surface area contributed by atoms with Crippen molar-refractivity contribution in [2.24, 2.45) is 0 Å². The molecule has 2 aromatic carbocycles. The second-order valence-corrected chi connectivity index (χ2v) is 13.8. The van der Waals surface area contributed by atoms with E-state index in [0.29, 0.717) is 0 Å². The summed E-state index contributed by atoms with van der Waals surface area (Å²) in [7, 11) is -1.94. The first-order valence-corrected chi connectivity index (χ1v) is 14.1. The van der Waals surface area contributed by atoms with Gasteiger partial charge in [-0.15, -0.1) is 0 Å². The third-order valence-electron chi connectivity index (χ3n) is 7.24. The first-order chi connectivity index (χ1) is 15.0. The molecule has 4 aliphatic carbocycles. The summed E-state index contributed by atoms with van der Waals surface area (Å²) in [6.45, 7) is 9.71. The maximum absolute atomic E-state index is 2.54. The normalized spacial score (nSPS) is 22.4. The average Bonchev–Trinajstić information content (AvgIpc) is 3.30. The third kappa shape index (κ3) is 3.88. The zero-order valence-corrected chi connectivity index (χ0v) is 21.6. The second kappa shape index (κ2) is 9.42. The standard InChI is InChI=1S/C30H26Si.2Li/c1-19-17-27-23-11-7-5-9-21(23)13-15-25(27)29(19)31(3,4)30-20(2)18-28-24-12-8-6-10-22(24)14-16-26(28)30;;/h5-18H,1-4H3;;/q;2*+1.